The fourth-order valence-electron chi connectivity index (χ4n) is 2.77. The Morgan fingerprint density at radius 1 is 1.40 bits per heavy atom. The molecule has 0 aromatic rings. The Balaban J connectivity index is 1.84. The van der Waals surface area contributed by atoms with Crippen molar-refractivity contribution in [1.29, 1.82) is 0 Å². The normalized spacial score (nSPS) is 31.5. The maximum Gasteiger partial charge on any atom is 0.157 e. The summed E-state index contributed by atoms with van der Waals surface area (Å²) in [6.45, 7) is 2.28. The summed E-state index contributed by atoms with van der Waals surface area (Å²) >= 11 is 0. The number of allylic oxidation sites excluding steroid dienone is 2. The lowest BCUT2D eigenvalue weighted by Gasteiger charge is -2.30. The Kier molecular flexibility index (Phi) is 3.45. The van der Waals surface area contributed by atoms with Gasteiger partial charge in [0.2, 0.25) is 0 Å². The van der Waals surface area contributed by atoms with Crippen molar-refractivity contribution in [2.75, 3.05) is 0 Å². The van der Waals surface area contributed by atoms with Crippen molar-refractivity contribution in [2.24, 2.45) is 5.92 Å². The zero-order chi connectivity index (χ0) is 10.7. The van der Waals surface area contributed by atoms with Crippen LogP contribution in [0.25, 0.3) is 0 Å². The molecule has 1 saturated carbocycles. The molecule has 2 heteroatoms. The first-order valence-corrected chi connectivity index (χ1v) is 6.28. The van der Waals surface area contributed by atoms with Gasteiger partial charge in [-0.2, -0.15) is 0 Å². The number of rotatable bonds is 3. The van der Waals surface area contributed by atoms with Crippen LogP contribution in [-0.4, -0.2) is 11.8 Å². The molecule has 2 unspecified atom stereocenters. The monoisotopic (exact) mass is 207 g/mol. The van der Waals surface area contributed by atoms with Gasteiger partial charge in [-0.25, -0.2) is 0 Å². The molecule has 0 radical (unpaired) electrons. The van der Waals surface area contributed by atoms with Crippen molar-refractivity contribution in [1.82, 2.24) is 5.32 Å². The third kappa shape index (κ3) is 2.83. The van der Waals surface area contributed by atoms with Crippen LogP contribution >= 0.6 is 0 Å². The lowest BCUT2D eigenvalue weighted by Crippen LogP contribution is -2.33. The third-order valence-electron chi connectivity index (χ3n) is 3.73. The molecule has 1 N–H and O–H groups in total. The van der Waals surface area contributed by atoms with Crippen LogP contribution in [0.4, 0.5) is 0 Å². The molecule has 15 heavy (non-hydrogen) atoms. The molecule has 0 heterocycles. The highest BCUT2D eigenvalue weighted by Gasteiger charge is 2.22. The average Bonchev–Trinajstić information content (AvgIpc) is 2.64. The predicted octanol–water partition coefficient (Wildman–Crippen LogP) is 2.79. The average molecular weight is 207 g/mol. The quantitative estimate of drug-likeness (QED) is 0.771. The van der Waals surface area contributed by atoms with Crippen LogP contribution in [0, 0.1) is 5.92 Å². The van der Waals surface area contributed by atoms with E-state index in [1.807, 2.05) is 0 Å². The Hall–Kier alpha value is -0.790. The van der Waals surface area contributed by atoms with E-state index in [1.54, 1.807) is 6.08 Å². The standard InChI is InChI=1S/C13H21NO/c1-2-10-4-3-5-11(8-10)14-12-6-7-13(15)9-12/h9-11,14H,2-8H2,1H3. The molecule has 2 rings (SSSR count). The molecular formula is C13H21NO. The fraction of sp³-hybridized carbons (Fsp3) is 0.769. The van der Waals surface area contributed by atoms with Crippen LogP contribution < -0.4 is 5.32 Å². The molecule has 2 atom stereocenters. The third-order valence-corrected chi connectivity index (χ3v) is 3.73. The van der Waals surface area contributed by atoms with E-state index in [9.17, 15) is 4.79 Å². The maximum atomic E-state index is 11.1. The van der Waals surface area contributed by atoms with E-state index in [2.05, 4.69) is 12.2 Å². The van der Waals surface area contributed by atoms with Crippen LogP contribution in [0.15, 0.2) is 11.8 Å². The van der Waals surface area contributed by atoms with Crippen molar-refractivity contribution in [3.05, 3.63) is 11.8 Å². The molecule has 2 aliphatic rings. The maximum absolute atomic E-state index is 11.1. The number of hydrogen-bond acceptors (Lipinski definition) is 2. The molecule has 84 valence electrons. The highest BCUT2D eigenvalue weighted by atomic mass is 16.1. The van der Waals surface area contributed by atoms with E-state index in [4.69, 9.17) is 0 Å². The minimum atomic E-state index is 0.292. The summed E-state index contributed by atoms with van der Waals surface area (Å²) in [5.74, 6) is 1.19. The first kappa shape index (κ1) is 10.7. The van der Waals surface area contributed by atoms with Crippen LogP contribution in [-0.2, 0) is 4.79 Å². The lowest BCUT2D eigenvalue weighted by molar-refractivity contribution is -0.114. The van der Waals surface area contributed by atoms with Crippen LogP contribution in [0.3, 0.4) is 0 Å². The van der Waals surface area contributed by atoms with Gasteiger partial charge in [0.05, 0.1) is 0 Å². The summed E-state index contributed by atoms with van der Waals surface area (Å²) in [4.78, 5) is 11.1. The Labute approximate surface area is 92.1 Å². The molecular weight excluding hydrogens is 186 g/mol. The minimum Gasteiger partial charge on any atom is -0.385 e. The lowest BCUT2D eigenvalue weighted by atomic mass is 9.84. The number of ketones is 1. The largest absolute Gasteiger partial charge is 0.385 e. The Morgan fingerprint density at radius 3 is 2.93 bits per heavy atom. The van der Waals surface area contributed by atoms with Gasteiger partial charge in [0.25, 0.3) is 0 Å². The molecule has 1 fully saturated rings. The summed E-state index contributed by atoms with van der Waals surface area (Å²) in [7, 11) is 0. The molecule has 0 aromatic carbocycles. The van der Waals surface area contributed by atoms with E-state index >= 15 is 0 Å². The Bertz CT molecular complexity index is 270. The molecule has 0 bridgehead atoms. The summed E-state index contributed by atoms with van der Waals surface area (Å²) < 4.78 is 0. The summed E-state index contributed by atoms with van der Waals surface area (Å²) in [6, 6.07) is 0.626. The highest BCUT2D eigenvalue weighted by Crippen LogP contribution is 2.27. The van der Waals surface area contributed by atoms with Gasteiger partial charge in [-0.1, -0.05) is 26.2 Å². The van der Waals surface area contributed by atoms with E-state index in [-0.39, 0.29) is 0 Å². The second-order valence-electron chi connectivity index (χ2n) is 4.92. The molecule has 0 aliphatic heterocycles. The van der Waals surface area contributed by atoms with Gasteiger partial charge in [-0.05, 0) is 25.2 Å². The van der Waals surface area contributed by atoms with E-state index in [0.717, 1.165) is 12.3 Å². The van der Waals surface area contributed by atoms with E-state index in [0.29, 0.717) is 18.2 Å². The molecule has 0 aromatic heterocycles. The van der Waals surface area contributed by atoms with E-state index in [1.165, 1.54) is 37.8 Å². The van der Waals surface area contributed by atoms with Crippen LogP contribution in [0.1, 0.15) is 51.9 Å². The molecule has 2 aliphatic carbocycles. The highest BCUT2D eigenvalue weighted by molar-refractivity contribution is 5.92. The van der Waals surface area contributed by atoms with Gasteiger partial charge in [0.15, 0.2) is 5.78 Å². The van der Waals surface area contributed by atoms with Gasteiger partial charge in [-0.3, -0.25) is 4.79 Å². The van der Waals surface area contributed by atoms with Gasteiger partial charge in [0.1, 0.15) is 0 Å². The number of hydrogen-bond donors (Lipinski definition) is 1. The van der Waals surface area contributed by atoms with Crippen molar-refractivity contribution >= 4 is 5.78 Å². The summed E-state index contributed by atoms with van der Waals surface area (Å²) in [6.07, 6.45) is 10.1. The van der Waals surface area contributed by atoms with Crippen LogP contribution in [0.5, 0.6) is 0 Å². The zero-order valence-corrected chi connectivity index (χ0v) is 9.59. The fourth-order valence-corrected chi connectivity index (χ4v) is 2.77. The van der Waals surface area contributed by atoms with Crippen molar-refractivity contribution in [3.63, 3.8) is 0 Å². The molecule has 0 saturated heterocycles. The predicted molar refractivity (Wildman–Crippen MR) is 61.5 cm³/mol. The van der Waals surface area contributed by atoms with Gasteiger partial charge >= 0.3 is 0 Å². The van der Waals surface area contributed by atoms with Gasteiger partial charge < -0.3 is 5.32 Å². The summed E-state index contributed by atoms with van der Waals surface area (Å²) in [5, 5.41) is 3.55. The second-order valence-corrected chi connectivity index (χ2v) is 4.92. The van der Waals surface area contributed by atoms with Crippen LogP contribution in [0.2, 0.25) is 0 Å². The molecule has 2 nitrogen and oxygen atoms in total. The van der Waals surface area contributed by atoms with Crippen molar-refractivity contribution in [2.45, 2.75) is 57.9 Å². The number of carbonyl (C=O) groups excluding carboxylic acids is 1. The number of carbonyl (C=O) groups is 1. The SMILES string of the molecule is CCC1CCCC(NC2=CC(=O)CC2)C1. The second kappa shape index (κ2) is 4.82. The van der Waals surface area contributed by atoms with E-state index < -0.39 is 0 Å². The number of nitrogens with one attached hydrogen (secondary N) is 1. The zero-order valence-electron chi connectivity index (χ0n) is 9.59. The van der Waals surface area contributed by atoms with Gasteiger partial charge in [-0.15, -0.1) is 0 Å². The Morgan fingerprint density at radius 2 is 2.27 bits per heavy atom. The smallest absolute Gasteiger partial charge is 0.157 e. The first-order valence-electron chi connectivity index (χ1n) is 6.28. The first-order chi connectivity index (χ1) is 7.28. The summed E-state index contributed by atoms with van der Waals surface area (Å²) in [5.41, 5.74) is 1.18. The van der Waals surface area contributed by atoms with Crippen molar-refractivity contribution in [3.8, 4) is 0 Å². The molecule has 0 spiro atoms. The minimum absolute atomic E-state index is 0.292. The molecule has 0 amide bonds. The topological polar surface area (TPSA) is 29.1 Å². The van der Waals surface area contributed by atoms with Crippen molar-refractivity contribution < 1.29 is 4.79 Å². The van der Waals surface area contributed by atoms with Gasteiger partial charge in [0, 0.05) is 24.2 Å².